The van der Waals surface area contributed by atoms with Crippen LogP contribution in [0.25, 0.3) is 0 Å². The molecule has 1 aromatic rings. The largest absolute Gasteiger partial charge is 0.497 e. The lowest BCUT2D eigenvalue weighted by Crippen LogP contribution is -2.42. The number of benzene rings is 1. The average molecular weight is 263 g/mol. The first-order valence-electron chi connectivity index (χ1n) is 5.51. The van der Waals surface area contributed by atoms with Crippen LogP contribution in [-0.2, 0) is 6.54 Å². The molecule has 1 unspecified atom stereocenters. The van der Waals surface area contributed by atoms with E-state index in [0.717, 1.165) is 5.56 Å². The van der Waals surface area contributed by atoms with Crippen molar-refractivity contribution in [1.29, 1.82) is 0 Å². The van der Waals surface area contributed by atoms with Crippen molar-refractivity contribution in [2.75, 3.05) is 13.7 Å². The smallest absolute Gasteiger partial charge is 0.403 e. The molecule has 0 amide bonds. The molecule has 18 heavy (non-hydrogen) atoms. The number of ether oxygens (including phenoxy) is 1. The highest BCUT2D eigenvalue weighted by molar-refractivity contribution is 5.27. The predicted molar refractivity (Wildman–Crippen MR) is 61.4 cm³/mol. The van der Waals surface area contributed by atoms with Crippen molar-refractivity contribution in [3.8, 4) is 5.75 Å². The normalized spacial score (nSPS) is 13.4. The van der Waals surface area contributed by atoms with Gasteiger partial charge in [0.2, 0.25) is 0 Å². The van der Waals surface area contributed by atoms with Crippen LogP contribution >= 0.6 is 0 Å². The lowest BCUT2D eigenvalue weighted by Gasteiger charge is -2.20. The van der Waals surface area contributed by atoms with E-state index in [4.69, 9.17) is 9.84 Å². The molecule has 1 atom stereocenters. The van der Waals surface area contributed by atoms with E-state index in [1.54, 1.807) is 24.3 Å². The fourth-order valence-corrected chi connectivity index (χ4v) is 1.49. The second-order valence-corrected chi connectivity index (χ2v) is 3.84. The molecule has 102 valence electrons. The molecule has 0 heterocycles. The molecule has 0 aliphatic rings. The Morgan fingerprint density at radius 1 is 1.28 bits per heavy atom. The Hall–Kier alpha value is -1.27. The first-order valence-corrected chi connectivity index (χ1v) is 5.51. The summed E-state index contributed by atoms with van der Waals surface area (Å²) in [5.74, 6) is 0.654. The van der Waals surface area contributed by atoms with Crippen LogP contribution in [0, 0.1) is 0 Å². The van der Waals surface area contributed by atoms with Gasteiger partial charge in [-0.2, -0.15) is 13.2 Å². The monoisotopic (exact) mass is 263 g/mol. The van der Waals surface area contributed by atoms with Crippen LogP contribution in [-0.4, -0.2) is 31.0 Å². The van der Waals surface area contributed by atoms with Crippen LogP contribution < -0.4 is 10.1 Å². The van der Waals surface area contributed by atoms with E-state index in [9.17, 15) is 13.2 Å². The molecule has 0 aliphatic heterocycles. The van der Waals surface area contributed by atoms with Gasteiger partial charge in [-0.15, -0.1) is 0 Å². The minimum atomic E-state index is -4.35. The Morgan fingerprint density at radius 3 is 2.33 bits per heavy atom. The van der Waals surface area contributed by atoms with Gasteiger partial charge in [0, 0.05) is 13.2 Å². The number of alkyl halides is 3. The minimum Gasteiger partial charge on any atom is -0.497 e. The summed E-state index contributed by atoms with van der Waals surface area (Å²) in [6, 6.07) is 5.07. The maximum Gasteiger partial charge on any atom is 0.403 e. The summed E-state index contributed by atoms with van der Waals surface area (Å²) in [5, 5.41) is 11.0. The summed E-state index contributed by atoms with van der Waals surface area (Å²) in [4.78, 5) is 0. The number of methoxy groups -OCH3 is 1. The maximum absolute atomic E-state index is 12.5. The van der Waals surface area contributed by atoms with E-state index in [0.29, 0.717) is 5.75 Å². The fourth-order valence-electron chi connectivity index (χ4n) is 1.49. The Morgan fingerprint density at radius 2 is 1.89 bits per heavy atom. The summed E-state index contributed by atoms with van der Waals surface area (Å²) in [6.07, 6.45) is -4.70. The zero-order valence-corrected chi connectivity index (χ0v) is 10.00. The second-order valence-electron chi connectivity index (χ2n) is 3.84. The molecule has 0 spiro atoms. The SMILES string of the molecule is COc1ccc(CNC(CCO)C(F)(F)F)cc1. The van der Waals surface area contributed by atoms with Crippen LogP contribution in [0.2, 0.25) is 0 Å². The van der Waals surface area contributed by atoms with Crippen molar-refractivity contribution in [2.24, 2.45) is 0 Å². The molecule has 3 nitrogen and oxygen atoms in total. The number of aliphatic hydroxyl groups excluding tert-OH is 1. The molecule has 0 aliphatic carbocycles. The van der Waals surface area contributed by atoms with Gasteiger partial charge < -0.3 is 15.2 Å². The molecular formula is C12H16F3NO2. The molecule has 0 fully saturated rings. The molecule has 0 aromatic heterocycles. The lowest BCUT2D eigenvalue weighted by molar-refractivity contribution is -0.159. The van der Waals surface area contributed by atoms with Crippen LogP contribution in [0.5, 0.6) is 5.75 Å². The molecule has 2 N–H and O–H groups in total. The fraction of sp³-hybridized carbons (Fsp3) is 0.500. The molecule has 0 radical (unpaired) electrons. The van der Waals surface area contributed by atoms with Gasteiger partial charge in [-0.3, -0.25) is 0 Å². The van der Waals surface area contributed by atoms with Gasteiger partial charge in [-0.1, -0.05) is 12.1 Å². The highest BCUT2D eigenvalue weighted by Gasteiger charge is 2.38. The van der Waals surface area contributed by atoms with E-state index in [2.05, 4.69) is 5.32 Å². The van der Waals surface area contributed by atoms with Crippen molar-refractivity contribution in [1.82, 2.24) is 5.32 Å². The second kappa shape index (κ2) is 6.61. The molecular weight excluding hydrogens is 247 g/mol. The van der Waals surface area contributed by atoms with Gasteiger partial charge in [-0.05, 0) is 24.1 Å². The van der Waals surface area contributed by atoms with Crippen molar-refractivity contribution in [2.45, 2.75) is 25.2 Å². The first-order chi connectivity index (χ1) is 8.47. The third kappa shape index (κ3) is 4.54. The third-order valence-electron chi connectivity index (χ3n) is 2.52. The summed E-state index contributed by atoms with van der Waals surface area (Å²) in [5.41, 5.74) is 0.725. The van der Waals surface area contributed by atoms with E-state index in [1.807, 2.05) is 0 Å². The standard InChI is InChI=1S/C12H16F3NO2/c1-18-10-4-2-9(3-5-10)8-16-11(6-7-17)12(13,14)15/h2-5,11,16-17H,6-8H2,1H3. The highest BCUT2D eigenvalue weighted by atomic mass is 19.4. The molecule has 6 heteroatoms. The zero-order chi connectivity index (χ0) is 13.6. The number of hydrogen-bond donors (Lipinski definition) is 2. The average Bonchev–Trinajstić information content (AvgIpc) is 2.33. The molecule has 0 saturated carbocycles. The van der Waals surface area contributed by atoms with E-state index in [-0.39, 0.29) is 13.0 Å². The summed E-state index contributed by atoms with van der Waals surface area (Å²) >= 11 is 0. The highest BCUT2D eigenvalue weighted by Crippen LogP contribution is 2.22. The van der Waals surface area contributed by atoms with Crippen molar-refractivity contribution < 1.29 is 23.0 Å². The summed E-state index contributed by atoms with van der Waals surface area (Å²) in [6.45, 7) is -0.409. The van der Waals surface area contributed by atoms with Crippen LogP contribution in [0.3, 0.4) is 0 Å². The molecule has 0 saturated heterocycles. The maximum atomic E-state index is 12.5. The number of nitrogens with one attached hydrogen (secondary N) is 1. The first kappa shape index (κ1) is 14.8. The zero-order valence-electron chi connectivity index (χ0n) is 10.00. The van der Waals surface area contributed by atoms with Gasteiger partial charge in [-0.25, -0.2) is 0 Å². The van der Waals surface area contributed by atoms with Crippen molar-refractivity contribution in [3.05, 3.63) is 29.8 Å². The van der Waals surface area contributed by atoms with Crippen LogP contribution in [0.1, 0.15) is 12.0 Å². The number of rotatable bonds is 6. The van der Waals surface area contributed by atoms with Gasteiger partial charge >= 0.3 is 6.18 Å². The van der Waals surface area contributed by atoms with Crippen molar-refractivity contribution in [3.63, 3.8) is 0 Å². The summed E-state index contributed by atoms with van der Waals surface area (Å²) in [7, 11) is 1.52. The number of halogens is 3. The number of aliphatic hydroxyl groups is 1. The Labute approximate surface area is 104 Å². The van der Waals surface area contributed by atoms with Gasteiger partial charge in [0.1, 0.15) is 11.8 Å². The van der Waals surface area contributed by atoms with Crippen LogP contribution in [0.15, 0.2) is 24.3 Å². The van der Waals surface area contributed by atoms with Crippen molar-refractivity contribution >= 4 is 0 Å². The molecule has 1 aromatic carbocycles. The Kier molecular flexibility index (Phi) is 5.43. The topological polar surface area (TPSA) is 41.5 Å². The Bertz CT molecular complexity index is 351. The van der Waals surface area contributed by atoms with Gasteiger partial charge in [0.25, 0.3) is 0 Å². The van der Waals surface area contributed by atoms with E-state index in [1.165, 1.54) is 7.11 Å². The summed E-state index contributed by atoms with van der Waals surface area (Å²) < 4.78 is 42.6. The van der Waals surface area contributed by atoms with E-state index >= 15 is 0 Å². The molecule has 1 rings (SSSR count). The Balaban J connectivity index is 2.55. The lowest BCUT2D eigenvalue weighted by atomic mass is 10.1. The third-order valence-corrected chi connectivity index (χ3v) is 2.52. The van der Waals surface area contributed by atoms with Gasteiger partial charge in [0.05, 0.1) is 7.11 Å². The minimum absolute atomic E-state index is 0.0914. The predicted octanol–water partition coefficient (Wildman–Crippen LogP) is 2.10. The quantitative estimate of drug-likeness (QED) is 0.826. The molecule has 0 bridgehead atoms. The van der Waals surface area contributed by atoms with Crippen LogP contribution in [0.4, 0.5) is 13.2 Å². The number of hydrogen-bond acceptors (Lipinski definition) is 3. The van der Waals surface area contributed by atoms with Gasteiger partial charge in [0.15, 0.2) is 0 Å². The van der Waals surface area contributed by atoms with E-state index < -0.39 is 18.8 Å².